The third-order valence-corrected chi connectivity index (χ3v) is 7.47. The number of nitrogens with one attached hydrogen (secondary N) is 2. The summed E-state index contributed by atoms with van der Waals surface area (Å²) in [7, 11) is -3.98. The van der Waals surface area contributed by atoms with Gasteiger partial charge in [0.25, 0.3) is 5.91 Å². The highest BCUT2D eigenvalue weighted by atomic mass is 35.5. The minimum atomic E-state index is -3.98. The molecule has 2 N–H and O–H groups in total. The summed E-state index contributed by atoms with van der Waals surface area (Å²) in [5.41, 5.74) is 0.605. The largest absolute Gasteiger partial charge is 0.352 e. The number of hydrogen-bond donors (Lipinski definition) is 2. The Morgan fingerprint density at radius 1 is 1.16 bits per heavy atom. The van der Waals surface area contributed by atoms with Crippen molar-refractivity contribution in [3.63, 3.8) is 0 Å². The van der Waals surface area contributed by atoms with Crippen molar-refractivity contribution in [1.82, 2.24) is 9.62 Å². The molecule has 0 unspecified atom stereocenters. The number of carbonyl (C=O) groups is 2. The van der Waals surface area contributed by atoms with Crippen LogP contribution < -0.4 is 10.6 Å². The number of piperidine rings is 1. The van der Waals surface area contributed by atoms with E-state index in [2.05, 4.69) is 10.6 Å². The van der Waals surface area contributed by atoms with Gasteiger partial charge in [-0.25, -0.2) is 12.8 Å². The fraction of sp³-hybridized carbons (Fsp3) is 0.364. The van der Waals surface area contributed by atoms with E-state index in [1.54, 1.807) is 12.1 Å². The number of sulfonamides is 1. The van der Waals surface area contributed by atoms with E-state index < -0.39 is 21.8 Å². The Morgan fingerprint density at radius 3 is 2.50 bits per heavy atom. The van der Waals surface area contributed by atoms with E-state index in [1.165, 1.54) is 28.6 Å². The highest BCUT2D eigenvalue weighted by molar-refractivity contribution is 7.89. The van der Waals surface area contributed by atoms with Crippen LogP contribution in [0.5, 0.6) is 0 Å². The number of rotatable bonds is 7. The summed E-state index contributed by atoms with van der Waals surface area (Å²) in [5.74, 6) is -1.89. The first kappa shape index (κ1) is 24.2. The van der Waals surface area contributed by atoms with Gasteiger partial charge in [-0.15, -0.1) is 0 Å². The first-order chi connectivity index (χ1) is 15.2. The number of amides is 2. The second-order valence-corrected chi connectivity index (χ2v) is 9.89. The van der Waals surface area contributed by atoms with Crippen LogP contribution in [0.4, 0.5) is 10.1 Å². The van der Waals surface area contributed by atoms with Crippen LogP contribution in [0, 0.1) is 11.7 Å². The van der Waals surface area contributed by atoms with Gasteiger partial charge in [-0.1, -0.05) is 30.7 Å². The summed E-state index contributed by atoms with van der Waals surface area (Å²) in [4.78, 5) is 24.9. The Balaban J connectivity index is 1.67. The van der Waals surface area contributed by atoms with E-state index in [9.17, 15) is 22.4 Å². The summed E-state index contributed by atoms with van der Waals surface area (Å²) in [5, 5.41) is 5.90. The second-order valence-electron chi connectivity index (χ2n) is 7.54. The number of benzene rings is 2. The fourth-order valence-electron chi connectivity index (χ4n) is 3.54. The second kappa shape index (κ2) is 10.4. The van der Waals surface area contributed by atoms with Crippen LogP contribution in [0.1, 0.15) is 36.5 Å². The fourth-order valence-corrected chi connectivity index (χ4v) is 5.24. The van der Waals surface area contributed by atoms with Gasteiger partial charge in [0.15, 0.2) is 0 Å². The maximum Gasteiger partial charge on any atom is 0.253 e. The van der Waals surface area contributed by atoms with Crippen LogP contribution in [-0.2, 0) is 14.8 Å². The van der Waals surface area contributed by atoms with Crippen molar-refractivity contribution < 1.29 is 22.4 Å². The zero-order valence-corrected chi connectivity index (χ0v) is 19.2. The lowest BCUT2D eigenvalue weighted by molar-refractivity contribution is -0.120. The van der Waals surface area contributed by atoms with Gasteiger partial charge in [0.2, 0.25) is 15.9 Å². The molecule has 0 bridgehead atoms. The number of carbonyl (C=O) groups excluding carboxylic acids is 2. The van der Waals surface area contributed by atoms with E-state index in [1.807, 2.05) is 6.92 Å². The molecule has 1 aliphatic rings. The zero-order valence-electron chi connectivity index (χ0n) is 17.6. The number of hydrogen-bond acceptors (Lipinski definition) is 4. The maximum absolute atomic E-state index is 14.0. The Bertz CT molecular complexity index is 1100. The molecule has 2 aromatic carbocycles. The minimum Gasteiger partial charge on any atom is -0.352 e. The van der Waals surface area contributed by atoms with Crippen LogP contribution in [0.3, 0.4) is 0 Å². The molecule has 1 heterocycles. The summed E-state index contributed by atoms with van der Waals surface area (Å²) in [6.45, 7) is 2.62. The molecule has 10 heteroatoms. The van der Waals surface area contributed by atoms with Gasteiger partial charge >= 0.3 is 0 Å². The Kier molecular flexibility index (Phi) is 7.86. The van der Waals surface area contributed by atoms with E-state index in [0.717, 1.165) is 12.5 Å². The Morgan fingerprint density at radius 2 is 1.84 bits per heavy atom. The van der Waals surface area contributed by atoms with Gasteiger partial charge in [0.1, 0.15) is 10.7 Å². The number of nitrogens with zero attached hydrogens (tertiary/aromatic N) is 1. The van der Waals surface area contributed by atoms with Crippen LogP contribution in [0.2, 0.25) is 5.02 Å². The van der Waals surface area contributed by atoms with Crippen molar-refractivity contribution in [2.24, 2.45) is 5.92 Å². The molecule has 0 saturated carbocycles. The normalized spacial score (nSPS) is 15.3. The topological polar surface area (TPSA) is 95.6 Å². The summed E-state index contributed by atoms with van der Waals surface area (Å²) in [6, 6.07) is 9.86. The zero-order chi connectivity index (χ0) is 23.3. The van der Waals surface area contributed by atoms with Crippen molar-refractivity contribution in [3.05, 3.63) is 58.9 Å². The van der Waals surface area contributed by atoms with E-state index in [4.69, 9.17) is 11.6 Å². The van der Waals surface area contributed by atoms with Gasteiger partial charge in [-0.05, 0) is 49.6 Å². The molecule has 1 aliphatic heterocycles. The minimum absolute atomic E-state index is 0.0914. The van der Waals surface area contributed by atoms with Gasteiger partial charge in [-0.3, -0.25) is 9.59 Å². The number of halogens is 2. The van der Waals surface area contributed by atoms with Crippen LogP contribution in [-0.4, -0.2) is 44.2 Å². The van der Waals surface area contributed by atoms with Crippen molar-refractivity contribution in [3.8, 4) is 0 Å². The average Bonchev–Trinajstić information content (AvgIpc) is 2.77. The van der Waals surface area contributed by atoms with Gasteiger partial charge in [-0.2, -0.15) is 4.31 Å². The van der Waals surface area contributed by atoms with Crippen molar-refractivity contribution >= 4 is 39.1 Å². The standard InChI is InChI=1S/C22H25ClFN3O4S/c1-2-11-25-22(29)17-8-7-16(23)14-19(17)26-21(28)15-9-12-27(13-10-15)32(30,31)20-6-4-3-5-18(20)24/h3-8,14-15H,2,9-13H2,1H3,(H,25,29)(H,26,28). The smallest absolute Gasteiger partial charge is 0.253 e. The Hall–Kier alpha value is -2.49. The molecule has 3 rings (SSSR count). The summed E-state index contributed by atoms with van der Waals surface area (Å²) >= 11 is 6.05. The molecule has 0 radical (unpaired) electrons. The van der Waals surface area contributed by atoms with Crippen LogP contribution >= 0.6 is 11.6 Å². The third-order valence-electron chi connectivity index (χ3n) is 5.30. The van der Waals surface area contributed by atoms with Crippen molar-refractivity contribution in [2.75, 3.05) is 25.0 Å². The molecule has 1 fully saturated rings. The first-order valence-electron chi connectivity index (χ1n) is 10.4. The van der Waals surface area contributed by atoms with Crippen LogP contribution in [0.25, 0.3) is 0 Å². The lowest BCUT2D eigenvalue weighted by Crippen LogP contribution is -2.41. The first-order valence-corrected chi connectivity index (χ1v) is 12.2. The highest BCUT2D eigenvalue weighted by Crippen LogP contribution is 2.27. The molecule has 32 heavy (non-hydrogen) atoms. The molecule has 0 atom stereocenters. The Labute approximate surface area is 192 Å². The third kappa shape index (κ3) is 5.46. The molecule has 172 valence electrons. The lowest BCUT2D eigenvalue weighted by atomic mass is 9.97. The monoisotopic (exact) mass is 481 g/mol. The number of anilines is 1. The molecule has 7 nitrogen and oxygen atoms in total. The quantitative estimate of drug-likeness (QED) is 0.630. The maximum atomic E-state index is 14.0. The average molecular weight is 482 g/mol. The van der Waals surface area contributed by atoms with E-state index in [-0.39, 0.29) is 42.6 Å². The molecular formula is C22H25ClFN3O4S. The van der Waals surface area contributed by atoms with E-state index >= 15 is 0 Å². The molecule has 2 amide bonds. The SMILES string of the molecule is CCCNC(=O)c1ccc(Cl)cc1NC(=O)C1CCN(S(=O)(=O)c2ccccc2F)CC1. The van der Waals surface area contributed by atoms with Crippen molar-refractivity contribution in [1.29, 1.82) is 0 Å². The molecule has 0 aliphatic carbocycles. The van der Waals surface area contributed by atoms with Gasteiger partial charge in [0, 0.05) is 30.6 Å². The molecule has 0 aromatic heterocycles. The molecule has 0 spiro atoms. The molecule has 2 aromatic rings. The summed E-state index contributed by atoms with van der Waals surface area (Å²) in [6.07, 6.45) is 1.32. The summed E-state index contributed by atoms with van der Waals surface area (Å²) < 4.78 is 40.7. The van der Waals surface area contributed by atoms with E-state index in [0.29, 0.717) is 22.8 Å². The predicted molar refractivity (Wildman–Crippen MR) is 121 cm³/mol. The van der Waals surface area contributed by atoms with Crippen molar-refractivity contribution in [2.45, 2.75) is 31.1 Å². The van der Waals surface area contributed by atoms with Gasteiger partial charge < -0.3 is 10.6 Å². The molecule has 1 saturated heterocycles. The van der Waals surface area contributed by atoms with Crippen LogP contribution in [0.15, 0.2) is 47.4 Å². The van der Waals surface area contributed by atoms with Gasteiger partial charge in [0.05, 0.1) is 11.3 Å². The lowest BCUT2D eigenvalue weighted by Gasteiger charge is -2.30. The molecular weight excluding hydrogens is 457 g/mol. The predicted octanol–water partition coefficient (Wildman–Crippen LogP) is 3.66. The highest BCUT2D eigenvalue weighted by Gasteiger charge is 2.33.